The average molecular weight is 633 g/mol. The van der Waals surface area contributed by atoms with E-state index in [4.69, 9.17) is 20.6 Å². The molecule has 0 unspecified atom stereocenters. The number of piperazine rings is 1. The molecule has 0 saturated carbocycles. The highest BCUT2D eigenvalue weighted by molar-refractivity contribution is 7.17. The molecule has 1 saturated heterocycles. The second-order valence-electron chi connectivity index (χ2n) is 9.72. The Balaban J connectivity index is 0.00000368. The summed E-state index contributed by atoms with van der Waals surface area (Å²) in [6.45, 7) is 4.49. The Bertz CT molecular complexity index is 1780. The van der Waals surface area contributed by atoms with Crippen LogP contribution in [0.1, 0.15) is 0 Å². The molecule has 1 fully saturated rings. The van der Waals surface area contributed by atoms with Gasteiger partial charge in [-0.05, 0) is 24.3 Å². The number of aromatic nitrogens is 5. The van der Waals surface area contributed by atoms with E-state index in [0.717, 1.165) is 11.3 Å². The molecule has 1 amide bonds. The number of hydrogen-bond donors (Lipinski definition) is 3. The van der Waals surface area contributed by atoms with Crippen molar-refractivity contribution in [3.8, 4) is 17.3 Å². The maximum absolute atomic E-state index is 14.9. The van der Waals surface area contributed by atoms with Crippen molar-refractivity contribution in [2.75, 3.05) is 63.1 Å². The third kappa shape index (κ3) is 6.41. The Morgan fingerprint density at radius 2 is 1.95 bits per heavy atom. The second-order valence-corrected chi connectivity index (χ2v) is 10.7. The first-order valence-corrected chi connectivity index (χ1v) is 14.2. The number of carbonyl (C=O) groups is 1. The van der Waals surface area contributed by atoms with Gasteiger partial charge in [0.1, 0.15) is 22.9 Å². The van der Waals surface area contributed by atoms with Crippen LogP contribution in [0, 0.1) is 5.82 Å². The van der Waals surface area contributed by atoms with E-state index >= 15 is 0 Å². The van der Waals surface area contributed by atoms with Crippen LogP contribution in [0.25, 0.3) is 27.6 Å². The number of anilines is 2. The molecule has 1 aromatic carbocycles. The van der Waals surface area contributed by atoms with Gasteiger partial charge in [-0.1, -0.05) is 11.3 Å². The maximum atomic E-state index is 14.9. The fourth-order valence-corrected chi connectivity index (χ4v) is 5.81. The molecular weight excluding hydrogens is 603 g/mol. The highest BCUT2D eigenvalue weighted by atomic mass is 35.5. The highest BCUT2D eigenvalue weighted by Gasteiger charge is 2.22. The van der Waals surface area contributed by atoms with Gasteiger partial charge in [-0.2, -0.15) is 9.50 Å². The Hall–Kier alpha value is -4.25. The minimum atomic E-state index is -0.448. The molecule has 0 aliphatic carbocycles. The van der Waals surface area contributed by atoms with E-state index in [2.05, 4.69) is 25.3 Å². The topological polar surface area (TPSA) is 175 Å². The van der Waals surface area contributed by atoms with E-state index in [9.17, 15) is 14.0 Å². The van der Waals surface area contributed by atoms with E-state index in [1.54, 1.807) is 28.8 Å². The van der Waals surface area contributed by atoms with Crippen molar-refractivity contribution in [3.05, 3.63) is 52.1 Å². The normalized spacial score (nSPS) is 13.9. The van der Waals surface area contributed by atoms with E-state index < -0.39 is 5.91 Å². The average Bonchev–Trinajstić information content (AvgIpc) is 3.72. The number of carbonyl (C=O) groups excluding carboxylic acids is 1. The van der Waals surface area contributed by atoms with Crippen LogP contribution in [-0.4, -0.2) is 87.4 Å². The first-order chi connectivity index (χ1) is 20.4. The van der Waals surface area contributed by atoms with Gasteiger partial charge in [0.05, 0.1) is 18.5 Å². The lowest BCUT2D eigenvalue weighted by Crippen LogP contribution is -2.47. The monoisotopic (exact) mass is 632 g/mol. The molecular formula is C26H30ClFN10O4S. The molecule has 6 rings (SSSR count). The minimum absolute atomic E-state index is 0. The van der Waals surface area contributed by atoms with Gasteiger partial charge < -0.3 is 30.8 Å². The molecule has 14 nitrogen and oxygen atoms in total. The van der Waals surface area contributed by atoms with Gasteiger partial charge in [0, 0.05) is 51.9 Å². The first-order valence-electron chi connectivity index (χ1n) is 13.4. The Kier molecular flexibility index (Phi) is 9.10. The molecule has 1 aliphatic rings. The third-order valence-corrected chi connectivity index (χ3v) is 7.94. The van der Waals surface area contributed by atoms with E-state index in [-0.39, 0.29) is 42.2 Å². The van der Waals surface area contributed by atoms with Gasteiger partial charge in [-0.25, -0.2) is 9.37 Å². The quantitative estimate of drug-likeness (QED) is 0.178. The lowest BCUT2D eigenvalue weighted by molar-refractivity contribution is -0.117. The van der Waals surface area contributed by atoms with Crippen molar-refractivity contribution >= 4 is 57.3 Å². The SMILES string of the molecule is Cl.NC(=O)CNCCOc1ccc(N2CCN(CCn3c(=O)sc4c3nc(N)n3nc(-c5ccco5)nc43)CC2)c(F)c1. The van der Waals surface area contributed by atoms with Crippen LogP contribution in [0.15, 0.2) is 45.8 Å². The number of benzene rings is 1. The largest absolute Gasteiger partial charge is 0.492 e. The summed E-state index contributed by atoms with van der Waals surface area (Å²) in [5.74, 6) is 0.587. The van der Waals surface area contributed by atoms with Gasteiger partial charge >= 0.3 is 4.87 Å². The number of nitrogens with zero attached hydrogens (tertiary/aromatic N) is 7. The molecule has 228 valence electrons. The van der Waals surface area contributed by atoms with Crippen molar-refractivity contribution in [1.82, 2.24) is 34.4 Å². The zero-order valence-corrected chi connectivity index (χ0v) is 24.6. The van der Waals surface area contributed by atoms with Crippen LogP contribution >= 0.6 is 23.7 Å². The summed E-state index contributed by atoms with van der Waals surface area (Å²) in [7, 11) is 0. The van der Waals surface area contributed by atoms with Crippen LogP contribution in [0.5, 0.6) is 5.75 Å². The summed E-state index contributed by atoms with van der Waals surface area (Å²) in [5, 5.41) is 7.23. The minimum Gasteiger partial charge on any atom is -0.492 e. The molecule has 0 atom stereocenters. The second kappa shape index (κ2) is 12.9. The fraction of sp³-hybridized carbons (Fsp3) is 0.346. The summed E-state index contributed by atoms with van der Waals surface area (Å²) in [6, 6.07) is 8.30. The summed E-state index contributed by atoms with van der Waals surface area (Å²) in [5.41, 5.74) is 12.7. The molecule has 43 heavy (non-hydrogen) atoms. The molecule has 1 aliphatic heterocycles. The van der Waals surface area contributed by atoms with Gasteiger partial charge in [0.15, 0.2) is 17.1 Å². The number of amides is 1. The third-order valence-electron chi connectivity index (χ3n) is 6.98. The molecule has 0 bridgehead atoms. The summed E-state index contributed by atoms with van der Waals surface area (Å²) < 4.78 is 29.5. The van der Waals surface area contributed by atoms with Crippen LogP contribution < -0.4 is 31.3 Å². The smallest absolute Gasteiger partial charge is 0.309 e. The predicted molar refractivity (Wildman–Crippen MR) is 162 cm³/mol. The molecule has 5 N–H and O–H groups in total. The van der Waals surface area contributed by atoms with E-state index in [1.165, 1.54) is 16.8 Å². The number of rotatable bonds is 11. The lowest BCUT2D eigenvalue weighted by atomic mass is 10.2. The van der Waals surface area contributed by atoms with Crippen LogP contribution in [0.4, 0.5) is 16.0 Å². The Labute approximate surface area is 254 Å². The zero-order chi connectivity index (χ0) is 29.2. The van der Waals surface area contributed by atoms with Gasteiger partial charge in [-0.15, -0.1) is 17.5 Å². The molecule has 5 aromatic rings. The van der Waals surface area contributed by atoms with Gasteiger partial charge in [-0.3, -0.25) is 19.1 Å². The number of nitrogens with one attached hydrogen (secondary N) is 1. The number of primary amides is 1. The maximum Gasteiger partial charge on any atom is 0.309 e. The molecule has 5 heterocycles. The predicted octanol–water partition coefficient (Wildman–Crippen LogP) is 1.18. The summed E-state index contributed by atoms with van der Waals surface area (Å²) in [6.07, 6.45) is 1.53. The number of nitrogens with two attached hydrogens (primary N) is 2. The van der Waals surface area contributed by atoms with Crippen molar-refractivity contribution in [2.45, 2.75) is 6.54 Å². The Morgan fingerprint density at radius 1 is 1.14 bits per heavy atom. The van der Waals surface area contributed by atoms with E-state index in [1.807, 2.05) is 4.90 Å². The number of nitrogen functional groups attached to an aromatic ring is 1. The highest BCUT2D eigenvalue weighted by Crippen LogP contribution is 2.27. The van der Waals surface area contributed by atoms with Gasteiger partial charge in [0.25, 0.3) is 0 Å². The molecule has 17 heteroatoms. The van der Waals surface area contributed by atoms with Crippen molar-refractivity contribution in [1.29, 1.82) is 0 Å². The van der Waals surface area contributed by atoms with Crippen molar-refractivity contribution in [2.24, 2.45) is 5.73 Å². The van der Waals surface area contributed by atoms with Gasteiger partial charge in [0.2, 0.25) is 17.7 Å². The van der Waals surface area contributed by atoms with Crippen molar-refractivity contribution in [3.63, 3.8) is 0 Å². The summed E-state index contributed by atoms with van der Waals surface area (Å²) >= 11 is 1.06. The lowest BCUT2D eigenvalue weighted by Gasteiger charge is -2.36. The Morgan fingerprint density at radius 3 is 2.67 bits per heavy atom. The van der Waals surface area contributed by atoms with Crippen LogP contribution in [-0.2, 0) is 11.3 Å². The first kappa shape index (κ1) is 30.2. The number of halogens is 2. The standard InChI is InChI=1S/C26H29FN10O4S.ClH/c27-17-14-16(40-13-5-30-15-20(28)38)3-4-18(17)35-9-6-34(7-10-35)8-11-36-23-21(42-26(36)39)24-31-22(19-2-1-12-41-19)33-37(24)25(29)32-23;/h1-4,12,14,30H,5-11,13,15H2,(H2,28,38)(H2,29,32);1H. The van der Waals surface area contributed by atoms with Crippen LogP contribution in [0.2, 0.25) is 0 Å². The number of ether oxygens (including phenoxy) is 1. The number of furan rings is 1. The fourth-order valence-electron chi connectivity index (χ4n) is 4.88. The molecule has 4 aromatic heterocycles. The summed E-state index contributed by atoms with van der Waals surface area (Å²) in [4.78, 5) is 36.8. The van der Waals surface area contributed by atoms with Crippen molar-refractivity contribution < 1.29 is 18.3 Å². The molecule has 0 spiro atoms. The number of fused-ring (bicyclic) bond motifs is 3. The number of thiazole rings is 1. The molecule has 0 radical (unpaired) electrons. The zero-order valence-electron chi connectivity index (χ0n) is 22.9. The number of hydrogen-bond acceptors (Lipinski definition) is 12. The van der Waals surface area contributed by atoms with Crippen LogP contribution in [0.3, 0.4) is 0 Å². The van der Waals surface area contributed by atoms with E-state index in [0.29, 0.717) is 84.8 Å².